The molecule has 0 aromatic heterocycles. The standard InChI is InChI=1S/C24H15Cl6IN2O3/c25-16-6-5-14(9-15(16)22(34)33-36-10-11-1-3-13(31)4-2-11)32-23(35)20-19(24(20,29)30)12-7-17(26)21(28)18(27)8-12/h1-9,19-20H,10H2,(H,32,35)(H,33,34). The number of carbonyl (C=O) groups excluding carboxylic acids is 2. The highest BCUT2D eigenvalue weighted by molar-refractivity contribution is 14.1. The molecule has 2 unspecified atom stereocenters. The van der Waals surface area contributed by atoms with Gasteiger partial charge in [-0.3, -0.25) is 14.4 Å². The molecule has 4 rings (SSSR count). The summed E-state index contributed by atoms with van der Waals surface area (Å²) >= 11 is 39.5. The van der Waals surface area contributed by atoms with Gasteiger partial charge < -0.3 is 5.32 Å². The van der Waals surface area contributed by atoms with Gasteiger partial charge in [-0.15, -0.1) is 23.2 Å². The first-order valence-corrected chi connectivity index (χ1v) is 13.6. The monoisotopic (exact) mass is 716 g/mol. The minimum Gasteiger partial charge on any atom is -0.326 e. The molecule has 1 aliphatic carbocycles. The number of nitrogens with one attached hydrogen (secondary N) is 2. The van der Waals surface area contributed by atoms with Gasteiger partial charge in [-0.25, -0.2) is 5.48 Å². The van der Waals surface area contributed by atoms with Gasteiger partial charge in [-0.1, -0.05) is 58.5 Å². The Kier molecular flexibility index (Phi) is 8.89. The molecule has 0 aliphatic heterocycles. The predicted molar refractivity (Wildman–Crippen MR) is 154 cm³/mol. The number of hydroxylamine groups is 1. The Balaban J connectivity index is 1.42. The predicted octanol–water partition coefficient (Wildman–Crippen LogP) is 8.29. The molecule has 0 spiro atoms. The fraction of sp³-hybridized carbons (Fsp3) is 0.167. The lowest BCUT2D eigenvalue weighted by Crippen LogP contribution is -2.24. The van der Waals surface area contributed by atoms with Crippen molar-refractivity contribution in [2.45, 2.75) is 16.9 Å². The highest BCUT2D eigenvalue weighted by atomic mass is 127. The van der Waals surface area contributed by atoms with Crippen LogP contribution in [0.2, 0.25) is 20.1 Å². The summed E-state index contributed by atoms with van der Waals surface area (Å²) in [6.07, 6.45) is 0. The molecule has 1 aliphatic rings. The van der Waals surface area contributed by atoms with Crippen molar-refractivity contribution in [3.8, 4) is 0 Å². The van der Waals surface area contributed by atoms with Crippen molar-refractivity contribution < 1.29 is 14.4 Å². The largest absolute Gasteiger partial charge is 0.326 e. The lowest BCUT2D eigenvalue weighted by molar-refractivity contribution is -0.117. The Morgan fingerprint density at radius 2 is 1.56 bits per heavy atom. The van der Waals surface area contributed by atoms with Gasteiger partial charge in [0.15, 0.2) is 0 Å². The SMILES string of the molecule is O=C(NOCc1ccc(I)cc1)c1cc(NC(=O)C2C(c3cc(Cl)c(Cl)c(Cl)c3)C2(Cl)Cl)ccc1Cl. The van der Waals surface area contributed by atoms with Crippen LogP contribution in [0, 0.1) is 9.49 Å². The summed E-state index contributed by atoms with van der Waals surface area (Å²) in [5.41, 5.74) is 4.27. The molecule has 1 saturated carbocycles. The number of carbonyl (C=O) groups is 2. The second kappa shape index (κ2) is 11.4. The first-order chi connectivity index (χ1) is 17.0. The van der Waals surface area contributed by atoms with Gasteiger partial charge in [0.05, 0.1) is 38.2 Å². The van der Waals surface area contributed by atoms with Crippen LogP contribution in [-0.2, 0) is 16.2 Å². The smallest absolute Gasteiger partial charge is 0.276 e. The summed E-state index contributed by atoms with van der Waals surface area (Å²) in [6.45, 7) is 0.173. The zero-order valence-corrected chi connectivity index (χ0v) is 24.6. The lowest BCUT2D eigenvalue weighted by atomic mass is 10.1. The molecule has 3 aromatic rings. The highest BCUT2D eigenvalue weighted by Gasteiger charge is 2.67. The van der Waals surface area contributed by atoms with Crippen molar-refractivity contribution in [2.24, 2.45) is 5.92 Å². The van der Waals surface area contributed by atoms with Gasteiger partial charge in [-0.2, -0.15) is 0 Å². The zero-order valence-electron chi connectivity index (χ0n) is 17.9. The van der Waals surface area contributed by atoms with Crippen LogP contribution in [0.25, 0.3) is 0 Å². The highest BCUT2D eigenvalue weighted by Crippen LogP contribution is 2.65. The minimum absolute atomic E-state index is 0.115. The van der Waals surface area contributed by atoms with E-state index in [4.69, 9.17) is 74.4 Å². The normalized spacial score (nSPS) is 18.0. The Morgan fingerprint density at radius 1 is 0.917 bits per heavy atom. The molecule has 188 valence electrons. The second-order valence-electron chi connectivity index (χ2n) is 7.96. The van der Waals surface area contributed by atoms with Crippen molar-refractivity contribution in [2.75, 3.05) is 5.32 Å². The van der Waals surface area contributed by atoms with E-state index < -0.39 is 28.0 Å². The number of halogens is 7. The van der Waals surface area contributed by atoms with Gasteiger partial charge in [0, 0.05) is 15.2 Å². The van der Waals surface area contributed by atoms with Crippen LogP contribution < -0.4 is 10.8 Å². The summed E-state index contributed by atoms with van der Waals surface area (Å²) in [7, 11) is 0. The topological polar surface area (TPSA) is 67.4 Å². The Hall–Kier alpha value is -0.970. The molecule has 1 fully saturated rings. The molecule has 2 N–H and O–H groups in total. The Labute approximate surface area is 250 Å². The number of rotatable bonds is 7. The van der Waals surface area contributed by atoms with Crippen molar-refractivity contribution in [3.63, 3.8) is 0 Å². The molecule has 0 radical (unpaired) electrons. The van der Waals surface area contributed by atoms with E-state index in [1.54, 1.807) is 18.2 Å². The fourth-order valence-corrected chi connectivity index (χ4v) is 5.64. The van der Waals surface area contributed by atoms with Crippen molar-refractivity contribution in [1.29, 1.82) is 0 Å². The quantitative estimate of drug-likeness (QED) is 0.112. The lowest BCUT2D eigenvalue weighted by Gasteiger charge is -2.10. The van der Waals surface area contributed by atoms with Crippen LogP contribution in [0.4, 0.5) is 5.69 Å². The maximum atomic E-state index is 13.0. The number of alkyl halides is 2. The number of hydrogen-bond acceptors (Lipinski definition) is 3. The molecule has 0 heterocycles. The maximum Gasteiger partial charge on any atom is 0.276 e. The van der Waals surface area contributed by atoms with E-state index in [1.165, 1.54) is 12.1 Å². The minimum atomic E-state index is -1.37. The van der Waals surface area contributed by atoms with Crippen LogP contribution in [-0.4, -0.2) is 16.1 Å². The van der Waals surface area contributed by atoms with Gasteiger partial charge in [0.25, 0.3) is 5.91 Å². The third kappa shape index (κ3) is 6.18. The average molecular weight is 719 g/mol. The van der Waals surface area contributed by atoms with E-state index in [0.29, 0.717) is 11.3 Å². The van der Waals surface area contributed by atoms with Crippen LogP contribution >= 0.6 is 92.2 Å². The van der Waals surface area contributed by atoms with E-state index in [9.17, 15) is 9.59 Å². The molecular formula is C24H15Cl6IN2O3. The Bertz CT molecular complexity index is 1310. The van der Waals surface area contributed by atoms with Crippen molar-refractivity contribution in [3.05, 3.63) is 94.9 Å². The van der Waals surface area contributed by atoms with Gasteiger partial charge in [0.1, 0.15) is 4.33 Å². The molecule has 5 nitrogen and oxygen atoms in total. The van der Waals surface area contributed by atoms with Crippen LogP contribution in [0.15, 0.2) is 54.6 Å². The average Bonchev–Trinajstić information content (AvgIpc) is 3.41. The summed E-state index contributed by atoms with van der Waals surface area (Å²) < 4.78 is -0.287. The number of anilines is 1. The van der Waals surface area contributed by atoms with E-state index in [1.807, 2.05) is 24.3 Å². The molecule has 2 amide bonds. The third-order valence-corrected chi connectivity index (χ3v) is 8.68. The molecule has 12 heteroatoms. The molecule has 0 saturated heterocycles. The van der Waals surface area contributed by atoms with Gasteiger partial charge in [0.2, 0.25) is 5.91 Å². The summed E-state index contributed by atoms with van der Waals surface area (Å²) in [5.74, 6) is -2.37. The van der Waals surface area contributed by atoms with Gasteiger partial charge >= 0.3 is 0 Å². The number of benzene rings is 3. The summed E-state index contributed by atoms with van der Waals surface area (Å²) in [6, 6.07) is 15.3. The van der Waals surface area contributed by atoms with Crippen LogP contribution in [0.3, 0.4) is 0 Å². The first kappa shape index (κ1) is 28.0. The summed E-state index contributed by atoms with van der Waals surface area (Å²) in [4.78, 5) is 30.9. The fourth-order valence-electron chi connectivity index (χ4n) is 3.64. The Morgan fingerprint density at radius 3 is 2.19 bits per heavy atom. The molecule has 2 atom stereocenters. The van der Waals surface area contributed by atoms with Crippen LogP contribution in [0.1, 0.15) is 27.4 Å². The second-order valence-corrected chi connectivity index (χ2v) is 12.2. The van der Waals surface area contributed by atoms with Crippen molar-refractivity contribution >= 4 is 110 Å². The first-order valence-electron chi connectivity index (χ1n) is 10.3. The third-order valence-electron chi connectivity index (χ3n) is 5.50. The number of amides is 2. The zero-order chi connectivity index (χ0) is 26.2. The maximum absolute atomic E-state index is 13.0. The van der Waals surface area contributed by atoms with Gasteiger partial charge in [-0.05, 0) is 76.2 Å². The van der Waals surface area contributed by atoms with Crippen LogP contribution in [0.5, 0.6) is 0 Å². The molecule has 36 heavy (non-hydrogen) atoms. The van der Waals surface area contributed by atoms with E-state index >= 15 is 0 Å². The van der Waals surface area contributed by atoms with E-state index in [-0.39, 0.29) is 32.3 Å². The number of hydrogen-bond donors (Lipinski definition) is 2. The molecule has 3 aromatic carbocycles. The molecular weight excluding hydrogens is 704 g/mol. The molecule has 0 bridgehead atoms. The van der Waals surface area contributed by atoms with Crippen molar-refractivity contribution in [1.82, 2.24) is 5.48 Å². The summed E-state index contributed by atoms with van der Waals surface area (Å²) in [5, 5.41) is 3.57. The van der Waals surface area contributed by atoms with E-state index in [0.717, 1.165) is 9.13 Å². The van der Waals surface area contributed by atoms with E-state index in [2.05, 4.69) is 33.4 Å².